The van der Waals surface area contributed by atoms with Crippen LogP contribution in [0.5, 0.6) is 11.5 Å². The predicted octanol–water partition coefficient (Wildman–Crippen LogP) is 2.63. The topological polar surface area (TPSA) is 30.5 Å². The first-order valence-corrected chi connectivity index (χ1v) is 5.78. The predicted molar refractivity (Wildman–Crippen MR) is 70.8 cm³/mol. The molecule has 0 aliphatic carbocycles. The molecule has 3 heteroatoms. The van der Waals surface area contributed by atoms with Gasteiger partial charge in [-0.15, -0.1) is 0 Å². The molecule has 0 bridgehead atoms. The van der Waals surface area contributed by atoms with Crippen molar-refractivity contribution in [3.8, 4) is 11.5 Å². The third-order valence-corrected chi connectivity index (χ3v) is 2.26. The van der Waals surface area contributed by atoms with Gasteiger partial charge in [-0.1, -0.05) is 20.4 Å². The van der Waals surface area contributed by atoms with Crippen LogP contribution in [-0.4, -0.2) is 26.3 Å². The summed E-state index contributed by atoms with van der Waals surface area (Å²) in [4.78, 5) is 0. The zero-order valence-corrected chi connectivity index (χ0v) is 10.8. The average molecular weight is 235 g/mol. The molecule has 0 saturated heterocycles. The van der Waals surface area contributed by atoms with Crippen molar-refractivity contribution in [1.29, 1.82) is 0 Å². The van der Waals surface area contributed by atoms with Crippen molar-refractivity contribution in [2.24, 2.45) is 0 Å². The van der Waals surface area contributed by atoms with Gasteiger partial charge in [-0.3, -0.25) is 0 Å². The van der Waals surface area contributed by atoms with Crippen LogP contribution in [0, 0.1) is 0 Å². The molecule has 0 atom stereocenters. The van der Waals surface area contributed by atoms with E-state index in [4.69, 9.17) is 9.47 Å². The molecule has 0 aliphatic rings. The van der Waals surface area contributed by atoms with Crippen molar-refractivity contribution in [3.05, 3.63) is 36.4 Å². The van der Waals surface area contributed by atoms with Gasteiger partial charge in [0.05, 0.1) is 7.11 Å². The summed E-state index contributed by atoms with van der Waals surface area (Å²) in [7, 11) is 1.65. The van der Waals surface area contributed by atoms with Crippen LogP contribution in [-0.2, 0) is 0 Å². The highest BCUT2D eigenvalue weighted by Crippen LogP contribution is 2.17. The zero-order chi connectivity index (χ0) is 12.7. The molecule has 0 saturated carbocycles. The van der Waals surface area contributed by atoms with E-state index in [1.54, 1.807) is 7.11 Å². The third-order valence-electron chi connectivity index (χ3n) is 2.26. The lowest BCUT2D eigenvalue weighted by atomic mass is 10.3. The summed E-state index contributed by atoms with van der Waals surface area (Å²) in [6, 6.07) is 8.01. The second-order valence-corrected chi connectivity index (χ2v) is 4.25. The number of hydrogen-bond donors (Lipinski definition) is 1. The Bertz CT molecular complexity index is 344. The maximum Gasteiger partial charge on any atom is 0.120 e. The quantitative estimate of drug-likeness (QED) is 0.737. The van der Waals surface area contributed by atoms with Gasteiger partial charge >= 0.3 is 0 Å². The molecule has 1 aromatic rings. The van der Waals surface area contributed by atoms with E-state index in [2.05, 4.69) is 25.7 Å². The second kappa shape index (κ2) is 6.97. The van der Waals surface area contributed by atoms with E-state index in [-0.39, 0.29) is 0 Å². The third kappa shape index (κ3) is 5.41. The van der Waals surface area contributed by atoms with Crippen LogP contribution in [0.1, 0.15) is 13.8 Å². The fraction of sp³-hybridized carbons (Fsp3) is 0.429. The molecule has 94 valence electrons. The molecule has 0 aliphatic heterocycles. The molecule has 0 radical (unpaired) electrons. The van der Waals surface area contributed by atoms with Crippen LogP contribution in [0.15, 0.2) is 36.4 Å². The van der Waals surface area contributed by atoms with E-state index in [9.17, 15) is 0 Å². The van der Waals surface area contributed by atoms with Crippen molar-refractivity contribution < 1.29 is 9.47 Å². The normalized spacial score (nSPS) is 10.4. The number of nitrogens with one attached hydrogen (secondary N) is 1. The van der Waals surface area contributed by atoms with Gasteiger partial charge < -0.3 is 14.8 Å². The maximum atomic E-state index is 5.60. The Morgan fingerprint density at radius 3 is 2.35 bits per heavy atom. The lowest BCUT2D eigenvalue weighted by Crippen LogP contribution is -2.26. The molecule has 1 rings (SSSR count). The van der Waals surface area contributed by atoms with Gasteiger partial charge in [0.2, 0.25) is 0 Å². The molecular weight excluding hydrogens is 214 g/mol. The van der Waals surface area contributed by atoms with Crippen LogP contribution in [0.3, 0.4) is 0 Å². The van der Waals surface area contributed by atoms with Gasteiger partial charge in [0, 0.05) is 12.6 Å². The summed E-state index contributed by atoms with van der Waals surface area (Å²) in [5.74, 6) is 1.66. The molecule has 0 fully saturated rings. The lowest BCUT2D eigenvalue weighted by Gasteiger charge is -2.12. The number of methoxy groups -OCH3 is 1. The Morgan fingerprint density at radius 1 is 1.24 bits per heavy atom. The van der Waals surface area contributed by atoms with Gasteiger partial charge in [-0.05, 0) is 29.8 Å². The largest absolute Gasteiger partial charge is 0.497 e. The van der Waals surface area contributed by atoms with Crippen LogP contribution in [0.2, 0.25) is 0 Å². The van der Waals surface area contributed by atoms with Crippen molar-refractivity contribution >= 4 is 0 Å². The minimum absolute atomic E-state index is 0.465. The molecule has 3 nitrogen and oxygen atoms in total. The SMILES string of the molecule is C=C(CNC(C)C)COc1ccc(OC)cc1. The highest BCUT2D eigenvalue weighted by atomic mass is 16.5. The molecular formula is C14H21NO2. The summed E-state index contributed by atoms with van der Waals surface area (Å²) < 4.78 is 10.7. The van der Waals surface area contributed by atoms with E-state index in [1.165, 1.54) is 0 Å². The summed E-state index contributed by atoms with van der Waals surface area (Å²) >= 11 is 0. The monoisotopic (exact) mass is 235 g/mol. The summed E-state index contributed by atoms with van der Waals surface area (Å²) in [5.41, 5.74) is 1.04. The fourth-order valence-corrected chi connectivity index (χ4v) is 1.26. The van der Waals surface area contributed by atoms with E-state index in [0.29, 0.717) is 12.6 Å². The molecule has 0 spiro atoms. The first-order chi connectivity index (χ1) is 8.11. The van der Waals surface area contributed by atoms with E-state index < -0.39 is 0 Å². The van der Waals surface area contributed by atoms with E-state index >= 15 is 0 Å². The molecule has 1 aromatic carbocycles. The summed E-state index contributed by atoms with van der Waals surface area (Å²) in [5, 5.41) is 3.30. The highest BCUT2D eigenvalue weighted by Gasteiger charge is 1.99. The fourth-order valence-electron chi connectivity index (χ4n) is 1.26. The Hall–Kier alpha value is -1.48. The maximum absolute atomic E-state index is 5.60. The van der Waals surface area contributed by atoms with Gasteiger partial charge in [-0.25, -0.2) is 0 Å². The smallest absolute Gasteiger partial charge is 0.120 e. The molecule has 1 N–H and O–H groups in total. The minimum Gasteiger partial charge on any atom is -0.497 e. The van der Waals surface area contributed by atoms with Crippen LogP contribution in [0.4, 0.5) is 0 Å². The van der Waals surface area contributed by atoms with Crippen molar-refractivity contribution in [2.75, 3.05) is 20.3 Å². The molecule has 0 amide bonds. The Labute approximate surface area is 103 Å². The summed E-state index contributed by atoms with van der Waals surface area (Å²) in [6.07, 6.45) is 0. The molecule has 0 unspecified atom stereocenters. The van der Waals surface area contributed by atoms with Crippen LogP contribution < -0.4 is 14.8 Å². The number of ether oxygens (including phenoxy) is 2. The highest BCUT2D eigenvalue weighted by molar-refractivity contribution is 5.31. The first-order valence-electron chi connectivity index (χ1n) is 5.78. The lowest BCUT2D eigenvalue weighted by molar-refractivity contribution is 0.346. The van der Waals surface area contributed by atoms with E-state index in [0.717, 1.165) is 23.6 Å². The average Bonchev–Trinajstić information content (AvgIpc) is 2.34. The van der Waals surface area contributed by atoms with Gasteiger partial charge in [0.15, 0.2) is 0 Å². The Kier molecular flexibility index (Phi) is 5.57. The Balaban J connectivity index is 2.31. The summed E-state index contributed by atoms with van der Waals surface area (Å²) in [6.45, 7) is 9.50. The minimum atomic E-state index is 0.465. The van der Waals surface area contributed by atoms with E-state index in [1.807, 2.05) is 24.3 Å². The molecule has 0 heterocycles. The molecule has 0 aromatic heterocycles. The van der Waals surface area contributed by atoms with Gasteiger partial charge in [0.25, 0.3) is 0 Å². The van der Waals surface area contributed by atoms with Gasteiger partial charge in [0.1, 0.15) is 18.1 Å². The van der Waals surface area contributed by atoms with Gasteiger partial charge in [-0.2, -0.15) is 0 Å². The van der Waals surface area contributed by atoms with Crippen molar-refractivity contribution in [3.63, 3.8) is 0 Å². The second-order valence-electron chi connectivity index (χ2n) is 4.25. The Morgan fingerprint density at radius 2 is 1.82 bits per heavy atom. The van der Waals surface area contributed by atoms with Crippen LogP contribution in [0.25, 0.3) is 0 Å². The zero-order valence-electron chi connectivity index (χ0n) is 10.8. The van der Waals surface area contributed by atoms with Crippen molar-refractivity contribution in [2.45, 2.75) is 19.9 Å². The number of benzene rings is 1. The standard InChI is InChI=1S/C14H21NO2/c1-11(2)15-9-12(3)10-17-14-7-5-13(16-4)6-8-14/h5-8,11,15H,3,9-10H2,1-2,4H3. The van der Waals surface area contributed by atoms with Crippen LogP contribution >= 0.6 is 0 Å². The number of hydrogen-bond acceptors (Lipinski definition) is 3. The first kappa shape index (κ1) is 13.6. The number of rotatable bonds is 7. The molecule has 17 heavy (non-hydrogen) atoms. The van der Waals surface area contributed by atoms with Crippen molar-refractivity contribution in [1.82, 2.24) is 5.32 Å².